The number of halogens is 9. The molecule has 0 radical (unpaired) electrons. The summed E-state index contributed by atoms with van der Waals surface area (Å²) in [6, 6.07) is 7.64. The third kappa shape index (κ3) is 7.93. The number of fused-ring (bicyclic) bond motifs is 5. The molecule has 2 saturated carbocycles. The molecule has 2 N–H and O–H groups in total. The summed E-state index contributed by atoms with van der Waals surface area (Å²) in [6.45, 7) is -0.549. The summed E-state index contributed by atoms with van der Waals surface area (Å²) >= 11 is 6.67. The van der Waals surface area contributed by atoms with Crippen LogP contribution in [0, 0.1) is 24.5 Å². The number of aryl methyl sites for hydroxylation is 1. The van der Waals surface area contributed by atoms with Crippen LogP contribution >= 0.6 is 11.6 Å². The van der Waals surface area contributed by atoms with E-state index in [1.54, 1.807) is 13.0 Å². The highest BCUT2D eigenvalue weighted by Gasteiger charge is 2.67. The fourth-order valence-corrected chi connectivity index (χ4v) is 10.5. The molecule has 24 heteroatoms. The van der Waals surface area contributed by atoms with Crippen molar-refractivity contribution in [2.45, 2.75) is 81.7 Å². The van der Waals surface area contributed by atoms with Gasteiger partial charge in [-0.3, -0.25) is 28.2 Å². The second-order valence-electron chi connectivity index (χ2n) is 16.7. The van der Waals surface area contributed by atoms with Crippen LogP contribution in [0.5, 0.6) is 0 Å². The topological polar surface area (TPSA) is 172 Å². The lowest BCUT2D eigenvalue weighted by Crippen LogP contribution is -2.38. The summed E-state index contributed by atoms with van der Waals surface area (Å²) in [6.07, 6.45) is -3.31. The summed E-state index contributed by atoms with van der Waals surface area (Å²) in [5.74, 6) is -9.38. The van der Waals surface area contributed by atoms with Crippen LogP contribution in [0.25, 0.3) is 38.6 Å². The van der Waals surface area contributed by atoms with E-state index < -0.39 is 118 Å². The average Bonchev–Trinajstić information content (AvgIpc) is 4.18. The first-order chi connectivity index (χ1) is 31.8. The summed E-state index contributed by atoms with van der Waals surface area (Å²) in [5.41, 5.74) is -2.78. The van der Waals surface area contributed by atoms with E-state index in [9.17, 15) is 39.6 Å². The van der Waals surface area contributed by atoms with E-state index in [-0.39, 0.29) is 50.1 Å². The fourth-order valence-electron chi connectivity index (χ4n) is 8.89. The minimum absolute atomic E-state index is 0.0338. The zero-order valence-electron chi connectivity index (χ0n) is 34.5. The molecule has 14 nitrogen and oxygen atoms in total. The number of carbonyl (C=O) groups is 1. The van der Waals surface area contributed by atoms with Gasteiger partial charge in [-0.1, -0.05) is 17.7 Å². The van der Waals surface area contributed by atoms with E-state index in [0.29, 0.717) is 40.5 Å². The van der Waals surface area contributed by atoms with Crippen molar-refractivity contribution in [3.05, 3.63) is 122 Å². The Kier molecular flexibility index (Phi) is 10.7. The third-order valence-corrected chi connectivity index (χ3v) is 14.2. The highest BCUT2D eigenvalue weighted by Crippen LogP contribution is 2.68. The van der Waals surface area contributed by atoms with Gasteiger partial charge in [0, 0.05) is 41.9 Å². The number of sulfonamides is 1. The number of anilines is 1. The second-order valence-corrected chi connectivity index (χ2v) is 19.1. The van der Waals surface area contributed by atoms with Crippen LogP contribution in [0.1, 0.15) is 71.8 Å². The molecule has 0 aliphatic heterocycles. The first kappa shape index (κ1) is 44.4. The molecule has 3 aliphatic carbocycles. The molecule has 3 aliphatic rings. The van der Waals surface area contributed by atoms with Crippen LogP contribution in [0.15, 0.2) is 65.7 Å². The van der Waals surface area contributed by atoms with Gasteiger partial charge < -0.3 is 5.32 Å². The molecule has 0 saturated heterocycles. The van der Waals surface area contributed by atoms with Gasteiger partial charge in [0.25, 0.3) is 24.3 Å². The number of amides is 1. The minimum atomic E-state index is -4.09. The van der Waals surface area contributed by atoms with Gasteiger partial charge in [0.05, 0.1) is 43.8 Å². The maximum atomic E-state index is 15.6. The van der Waals surface area contributed by atoms with E-state index in [1.165, 1.54) is 36.7 Å². The number of benzene rings is 3. The zero-order valence-corrected chi connectivity index (χ0v) is 36.1. The Morgan fingerprint density at radius 2 is 1.67 bits per heavy atom. The van der Waals surface area contributed by atoms with Gasteiger partial charge in [-0.2, -0.15) is 19.0 Å². The van der Waals surface area contributed by atoms with Crippen molar-refractivity contribution < 1.29 is 48.3 Å². The fraction of sp³-hybridized carbons (Fsp3) is 0.326. The van der Waals surface area contributed by atoms with Crippen molar-refractivity contribution in [3.8, 4) is 16.8 Å². The van der Waals surface area contributed by atoms with Crippen molar-refractivity contribution in [1.82, 2.24) is 44.4 Å². The van der Waals surface area contributed by atoms with Crippen molar-refractivity contribution in [1.29, 1.82) is 0 Å². The minimum Gasteiger partial charge on any atom is -0.344 e. The van der Waals surface area contributed by atoms with Gasteiger partial charge in [0.2, 0.25) is 15.9 Å². The monoisotopic (exact) mass is 972 g/mol. The molecule has 1 amide bonds. The average molecular weight is 973 g/mol. The van der Waals surface area contributed by atoms with E-state index in [1.807, 2.05) is 0 Å². The predicted octanol–water partition coefficient (Wildman–Crippen LogP) is 8.04. The normalized spacial score (nSPS) is 17.9. The first-order valence-electron chi connectivity index (χ1n) is 20.6. The van der Waals surface area contributed by atoms with Gasteiger partial charge in [-0.15, -0.1) is 0 Å². The standard InChI is InChI=1S/C43H33ClF8N10O4S/c1-18-53-14-21(15-54-18)20-2-5-25-29(11-20)56-41(62(42(25)64)31-7-6-28(44)35-37(31)60(16-32(47)48)58-40(35)59-67(65,66)24-3-4-24)30(10-19-8-22(45)12-23(46)9-19)55-33(63)17-61-38-34(36(57-61)39(49)50)26-13-27(26)43(38,51)52/h2,5-9,11-12,14-15,24,26-27,30,32,39H,3-4,10,13,16-17H2,1H3,(H,55,63)(H,58,59)/t26-,27+,30-/m0/s1. The Labute approximate surface area is 378 Å². The number of aromatic nitrogens is 8. The second kappa shape index (κ2) is 16.1. The van der Waals surface area contributed by atoms with E-state index in [4.69, 9.17) is 16.6 Å². The molecule has 2 fully saturated rings. The van der Waals surface area contributed by atoms with E-state index in [2.05, 4.69) is 30.2 Å². The Morgan fingerprint density at radius 3 is 2.34 bits per heavy atom. The first-order valence-corrected chi connectivity index (χ1v) is 22.6. The molecule has 4 aromatic heterocycles. The smallest absolute Gasteiger partial charge is 0.293 e. The molecule has 348 valence electrons. The number of nitrogens with zero attached hydrogens (tertiary/aromatic N) is 8. The van der Waals surface area contributed by atoms with Gasteiger partial charge in [0.1, 0.15) is 47.8 Å². The molecular formula is C43H33ClF8N10O4S. The van der Waals surface area contributed by atoms with Crippen LogP contribution in [0.3, 0.4) is 0 Å². The quantitative estimate of drug-likeness (QED) is 0.102. The van der Waals surface area contributed by atoms with E-state index in [0.717, 1.165) is 21.4 Å². The van der Waals surface area contributed by atoms with Crippen molar-refractivity contribution in [3.63, 3.8) is 0 Å². The largest absolute Gasteiger partial charge is 0.344 e. The zero-order chi connectivity index (χ0) is 47.4. The molecule has 0 unspecified atom stereocenters. The van der Waals surface area contributed by atoms with Gasteiger partial charge in [0.15, 0.2) is 5.82 Å². The number of hydrogen-bond acceptors (Lipinski definition) is 9. The van der Waals surface area contributed by atoms with Crippen LogP contribution in [0.4, 0.5) is 40.9 Å². The van der Waals surface area contributed by atoms with Gasteiger partial charge >= 0.3 is 0 Å². The maximum Gasteiger partial charge on any atom is 0.293 e. The number of hydrogen-bond donors (Lipinski definition) is 2. The van der Waals surface area contributed by atoms with E-state index >= 15 is 13.6 Å². The Morgan fingerprint density at radius 1 is 0.955 bits per heavy atom. The molecule has 10 rings (SSSR count). The summed E-state index contributed by atoms with van der Waals surface area (Å²) in [5, 5.41) is 9.22. The van der Waals surface area contributed by atoms with Gasteiger partial charge in [-0.05, 0) is 79.6 Å². The van der Waals surface area contributed by atoms with Crippen molar-refractivity contribution in [2.24, 2.45) is 5.92 Å². The van der Waals surface area contributed by atoms with Crippen LogP contribution < -0.4 is 15.6 Å². The van der Waals surface area contributed by atoms with Crippen molar-refractivity contribution >= 4 is 55.2 Å². The lowest BCUT2D eigenvalue weighted by molar-refractivity contribution is -0.123. The summed E-state index contributed by atoms with van der Waals surface area (Å²) in [4.78, 5) is 42.6. The Hall–Kier alpha value is -6.49. The molecule has 3 atom stereocenters. The van der Waals surface area contributed by atoms with Crippen molar-refractivity contribution in [2.75, 3.05) is 4.72 Å². The van der Waals surface area contributed by atoms with Crippen LogP contribution in [0.2, 0.25) is 5.02 Å². The van der Waals surface area contributed by atoms with Gasteiger partial charge in [-0.25, -0.2) is 49.7 Å². The molecule has 0 spiro atoms. The molecular weight excluding hydrogens is 940 g/mol. The highest BCUT2D eigenvalue weighted by atomic mass is 35.5. The Bertz CT molecular complexity index is 3340. The SMILES string of the molecule is Cc1ncc(-c2ccc3c(=O)n(-c4ccc(Cl)c5c(NS(=O)(=O)C6CC6)nn(CC(F)F)c45)c([C@H](Cc4cc(F)cc(F)c4)NC(=O)Cn4nc(C(F)F)c5c4C(F)(F)[C@@H]4C[C@H]54)nc3c2)cn1. The number of nitrogens with one attached hydrogen (secondary N) is 2. The lowest BCUT2D eigenvalue weighted by atomic mass is 10.0. The maximum absolute atomic E-state index is 15.6. The molecule has 67 heavy (non-hydrogen) atoms. The highest BCUT2D eigenvalue weighted by molar-refractivity contribution is 7.93. The molecule has 7 aromatic rings. The molecule has 4 heterocycles. The number of alkyl halides is 6. The number of rotatable bonds is 14. The Balaban J connectivity index is 1.19. The van der Waals surface area contributed by atoms with Crippen LogP contribution in [-0.4, -0.2) is 65.1 Å². The predicted molar refractivity (Wildman–Crippen MR) is 226 cm³/mol. The number of carbonyl (C=O) groups excluding carboxylic acids is 1. The lowest BCUT2D eigenvalue weighted by Gasteiger charge is -2.24. The summed E-state index contributed by atoms with van der Waals surface area (Å²) in [7, 11) is -4.09. The summed E-state index contributed by atoms with van der Waals surface area (Å²) < 4.78 is 149. The molecule has 0 bridgehead atoms. The molecule has 3 aromatic carbocycles. The third-order valence-electron chi connectivity index (χ3n) is 12.1. The van der Waals surface area contributed by atoms with Crippen LogP contribution in [-0.2, 0) is 40.3 Å².